The Hall–Kier alpha value is -2.77. The molecule has 0 spiro atoms. The highest BCUT2D eigenvalue weighted by atomic mass is 16.7. The highest BCUT2D eigenvalue weighted by Gasteiger charge is 2.17. The Balaban J connectivity index is 2.10. The van der Waals surface area contributed by atoms with E-state index in [4.69, 9.17) is 14.2 Å². The number of rotatable bonds is 3. The van der Waals surface area contributed by atoms with Crippen molar-refractivity contribution in [3.05, 3.63) is 18.3 Å². The van der Waals surface area contributed by atoms with Crippen LogP contribution in [0.3, 0.4) is 0 Å². The summed E-state index contributed by atoms with van der Waals surface area (Å²) in [5.74, 6) is 0.558. The van der Waals surface area contributed by atoms with Crippen molar-refractivity contribution in [3.63, 3.8) is 0 Å². The summed E-state index contributed by atoms with van der Waals surface area (Å²) in [6.45, 7) is 7.23. The van der Waals surface area contributed by atoms with E-state index in [0.717, 1.165) is 0 Å². The number of hydrogen-bond donors (Lipinski definition) is 2. The van der Waals surface area contributed by atoms with E-state index in [1.54, 1.807) is 39.8 Å². The predicted molar refractivity (Wildman–Crippen MR) is 83.6 cm³/mol. The lowest BCUT2D eigenvalue weighted by Crippen LogP contribution is -2.27. The Morgan fingerprint density at radius 1 is 1.30 bits per heavy atom. The van der Waals surface area contributed by atoms with E-state index >= 15 is 0 Å². The molecule has 0 aromatic carbocycles. The molecular weight excluding hydrogens is 302 g/mol. The first-order valence-corrected chi connectivity index (χ1v) is 7.10. The molecule has 2 N–H and O–H groups in total. The number of aromatic nitrogens is 2. The van der Waals surface area contributed by atoms with Crippen LogP contribution in [0, 0.1) is 0 Å². The number of ether oxygens (including phenoxy) is 3. The van der Waals surface area contributed by atoms with Gasteiger partial charge in [-0.25, -0.2) is 14.6 Å². The number of anilines is 1. The largest absolute Gasteiger partial charge is 0.515 e. The molecule has 2 aromatic rings. The third kappa shape index (κ3) is 4.87. The van der Waals surface area contributed by atoms with E-state index in [1.807, 2.05) is 0 Å². The van der Waals surface area contributed by atoms with Gasteiger partial charge in [-0.3, -0.25) is 5.32 Å². The fourth-order valence-corrected chi connectivity index (χ4v) is 1.77. The highest BCUT2D eigenvalue weighted by molar-refractivity contribution is 5.89. The topological polar surface area (TPSA) is 103 Å². The molecule has 124 valence electrons. The summed E-state index contributed by atoms with van der Waals surface area (Å²) in [5, 5.41) is 3.26. The van der Waals surface area contributed by atoms with E-state index in [9.17, 15) is 9.59 Å². The Morgan fingerprint density at radius 2 is 2.04 bits per heavy atom. The van der Waals surface area contributed by atoms with Gasteiger partial charge < -0.3 is 19.2 Å². The minimum absolute atomic E-state index is 0.227. The number of nitrogens with zero attached hydrogens (tertiary/aromatic N) is 1. The van der Waals surface area contributed by atoms with E-state index in [2.05, 4.69) is 15.3 Å². The molecule has 0 saturated heterocycles. The zero-order valence-electron chi connectivity index (χ0n) is 13.4. The number of amides is 1. The van der Waals surface area contributed by atoms with Gasteiger partial charge in [0.05, 0.1) is 18.3 Å². The molecular formula is C15H19N3O5. The second kappa shape index (κ2) is 6.55. The van der Waals surface area contributed by atoms with Gasteiger partial charge in [0.15, 0.2) is 0 Å². The van der Waals surface area contributed by atoms with Crippen LogP contribution < -0.4 is 10.1 Å². The van der Waals surface area contributed by atoms with Crippen LogP contribution in [-0.4, -0.2) is 34.4 Å². The van der Waals surface area contributed by atoms with Gasteiger partial charge in [-0.05, 0) is 33.8 Å². The molecule has 0 saturated carbocycles. The van der Waals surface area contributed by atoms with Gasteiger partial charge in [0.1, 0.15) is 11.4 Å². The van der Waals surface area contributed by atoms with Crippen molar-refractivity contribution in [2.45, 2.75) is 33.3 Å². The number of carbonyl (C=O) groups is 2. The van der Waals surface area contributed by atoms with Crippen LogP contribution in [0.2, 0.25) is 0 Å². The molecule has 0 bridgehead atoms. The van der Waals surface area contributed by atoms with Gasteiger partial charge in [0, 0.05) is 11.5 Å². The van der Waals surface area contributed by atoms with Gasteiger partial charge in [-0.1, -0.05) is 0 Å². The lowest BCUT2D eigenvalue weighted by molar-refractivity contribution is 0.0635. The molecule has 2 heterocycles. The normalized spacial score (nSPS) is 11.1. The molecule has 8 nitrogen and oxygen atoms in total. The van der Waals surface area contributed by atoms with E-state index in [1.165, 1.54) is 6.20 Å². The summed E-state index contributed by atoms with van der Waals surface area (Å²) in [6, 6.07) is 3.24. The number of nitrogens with one attached hydrogen (secondary N) is 2. The Morgan fingerprint density at radius 3 is 2.70 bits per heavy atom. The quantitative estimate of drug-likeness (QED) is 0.839. The lowest BCUT2D eigenvalue weighted by Gasteiger charge is -2.19. The minimum atomic E-state index is -0.792. The molecule has 0 aliphatic rings. The van der Waals surface area contributed by atoms with Crippen molar-refractivity contribution < 1.29 is 23.8 Å². The van der Waals surface area contributed by atoms with Crippen molar-refractivity contribution in [3.8, 4) is 5.88 Å². The monoisotopic (exact) mass is 321 g/mol. The average molecular weight is 321 g/mol. The first-order valence-electron chi connectivity index (χ1n) is 7.10. The maximum Gasteiger partial charge on any atom is 0.515 e. The maximum atomic E-state index is 11.7. The molecule has 8 heteroatoms. The van der Waals surface area contributed by atoms with Gasteiger partial charge >= 0.3 is 12.2 Å². The molecule has 0 aliphatic carbocycles. The molecule has 0 fully saturated rings. The van der Waals surface area contributed by atoms with Crippen LogP contribution in [0.5, 0.6) is 5.88 Å². The zero-order valence-corrected chi connectivity index (χ0v) is 13.4. The standard InChI is InChI=1S/C15H19N3O5/c1-5-21-14(20)22-12-7-9-6-11(16-8-10(9)17-12)18-13(19)23-15(2,3)4/h6-8,17H,5H2,1-4H3,(H,16,18,19). The molecule has 23 heavy (non-hydrogen) atoms. The maximum absolute atomic E-state index is 11.7. The summed E-state index contributed by atoms with van der Waals surface area (Å²) < 4.78 is 14.8. The van der Waals surface area contributed by atoms with Crippen LogP contribution in [0.1, 0.15) is 27.7 Å². The van der Waals surface area contributed by atoms with Crippen LogP contribution >= 0.6 is 0 Å². The van der Waals surface area contributed by atoms with Gasteiger partial charge in [-0.15, -0.1) is 0 Å². The van der Waals surface area contributed by atoms with Crippen LogP contribution in [0.15, 0.2) is 18.3 Å². The number of pyridine rings is 1. The summed E-state index contributed by atoms with van der Waals surface area (Å²) in [6.07, 6.45) is 0.127. The highest BCUT2D eigenvalue weighted by Crippen LogP contribution is 2.22. The molecule has 2 aromatic heterocycles. The molecule has 0 unspecified atom stereocenters. The lowest BCUT2D eigenvalue weighted by atomic mass is 10.2. The molecule has 0 aliphatic heterocycles. The smallest absolute Gasteiger partial charge is 0.444 e. The Labute approximate surface area is 133 Å². The van der Waals surface area contributed by atoms with Crippen molar-refractivity contribution in [2.75, 3.05) is 11.9 Å². The number of fused-ring (bicyclic) bond motifs is 1. The van der Waals surface area contributed by atoms with E-state index in [0.29, 0.717) is 16.7 Å². The van der Waals surface area contributed by atoms with Gasteiger partial charge in [0.2, 0.25) is 5.88 Å². The summed E-state index contributed by atoms with van der Waals surface area (Å²) in [5.41, 5.74) is 0.0576. The first kappa shape index (κ1) is 16.6. The average Bonchev–Trinajstić information content (AvgIpc) is 2.77. The molecule has 2 rings (SSSR count). The number of hydrogen-bond acceptors (Lipinski definition) is 6. The predicted octanol–water partition coefficient (Wildman–Crippen LogP) is 3.45. The van der Waals surface area contributed by atoms with Gasteiger partial charge in [0.25, 0.3) is 0 Å². The van der Waals surface area contributed by atoms with Crippen molar-refractivity contribution in [2.24, 2.45) is 0 Å². The van der Waals surface area contributed by atoms with Crippen LogP contribution in [-0.2, 0) is 9.47 Å². The summed E-state index contributed by atoms with van der Waals surface area (Å²) in [7, 11) is 0. The summed E-state index contributed by atoms with van der Waals surface area (Å²) in [4.78, 5) is 30.0. The zero-order chi connectivity index (χ0) is 17.0. The first-order chi connectivity index (χ1) is 10.8. The molecule has 0 atom stereocenters. The fourth-order valence-electron chi connectivity index (χ4n) is 1.77. The van der Waals surface area contributed by atoms with Crippen molar-refractivity contribution in [1.82, 2.24) is 9.97 Å². The number of H-pyrrole nitrogens is 1. The van der Waals surface area contributed by atoms with Crippen molar-refractivity contribution in [1.29, 1.82) is 0 Å². The van der Waals surface area contributed by atoms with E-state index < -0.39 is 17.8 Å². The second-order valence-electron chi connectivity index (χ2n) is 5.70. The van der Waals surface area contributed by atoms with Gasteiger partial charge in [-0.2, -0.15) is 0 Å². The second-order valence-corrected chi connectivity index (χ2v) is 5.70. The molecule has 0 radical (unpaired) electrons. The van der Waals surface area contributed by atoms with E-state index in [-0.39, 0.29) is 12.5 Å². The number of aromatic amines is 1. The fraction of sp³-hybridized carbons (Fsp3) is 0.400. The minimum Gasteiger partial charge on any atom is -0.444 e. The van der Waals surface area contributed by atoms with Crippen molar-refractivity contribution >= 4 is 29.0 Å². The van der Waals surface area contributed by atoms with Crippen LogP contribution in [0.25, 0.3) is 10.9 Å². The number of carbonyl (C=O) groups excluding carboxylic acids is 2. The van der Waals surface area contributed by atoms with Crippen LogP contribution in [0.4, 0.5) is 15.4 Å². The third-order valence-corrected chi connectivity index (χ3v) is 2.56. The Bertz CT molecular complexity index is 717. The third-order valence-electron chi connectivity index (χ3n) is 2.56. The summed E-state index contributed by atoms with van der Waals surface area (Å²) >= 11 is 0. The Kier molecular flexibility index (Phi) is 4.73. The SMILES string of the molecule is CCOC(=O)Oc1cc2cc(NC(=O)OC(C)(C)C)ncc2[nH]1. The molecule has 1 amide bonds.